The number of hydrogen-bond donors (Lipinski definition) is 0. The molecule has 10 heteroatoms. The number of methoxy groups -OCH3 is 1. The summed E-state index contributed by atoms with van der Waals surface area (Å²) < 4.78 is 22.2. The van der Waals surface area contributed by atoms with Gasteiger partial charge in [0.25, 0.3) is 0 Å². The van der Waals surface area contributed by atoms with Crippen molar-refractivity contribution >= 4 is 18.1 Å². The highest BCUT2D eigenvalue weighted by Gasteiger charge is 2.38. The molecule has 1 saturated heterocycles. The van der Waals surface area contributed by atoms with Gasteiger partial charge in [-0.1, -0.05) is 32.0 Å². The fourth-order valence-corrected chi connectivity index (χ4v) is 5.36. The van der Waals surface area contributed by atoms with Gasteiger partial charge >= 0.3 is 18.1 Å². The lowest BCUT2D eigenvalue weighted by Crippen LogP contribution is -2.50. The van der Waals surface area contributed by atoms with Crippen molar-refractivity contribution in [1.82, 2.24) is 15.0 Å². The Morgan fingerprint density at radius 1 is 1.12 bits per heavy atom. The molecule has 2 aromatic rings. The molecule has 0 radical (unpaired) electrons. The van der Waals surface area contributed by atoms with Crippen LogP contribution in [0.1, 0.15) is 83.7 Å². The molecule has 3 heterocycles. The molecule has 0 bridgehead atoms. The molecule has 220 valence electrons. The first-order chi connectivity index (χ1) is 18.9. The van der Waals surface area contributed by atoms with Gasteiger partial charge in [0.1, 0.15) is 17.4 Å². The van der Waals surface area contributed by atoms with Crippen LogP contribution < -0.4 is 9.64 Å². The molecular weight excluding hydrogens is 512 g/mol. The lowest BCUT2D eigenvalue weighted by molar-refractivity contribution is -0.147. The van der Waals surface area contributed by atoms with Gasteiger partial charge in [0.15, 0.2) is 5.82 Å². The molecule has 1 aromatic carbocycles. The summed E-state index contributed by atoms with van der Waals surface area (Å²) in [4.78, 5) is 33.6. The number of esters is 1. The molecule has 1 fully saturated rings. The Morgan fingerprint density at radius 3 is 2.48 bits per heavy atom. The summed E-state index contributed by atoms with van der Waals surface area (Å²) in [5.74, 6) is 2.47. The fraction of sp³-hybridized carbons (Fsp3) is 0.667. The van der Waals surface area contributed by atoms with Gasteiger partial charge in [-0.25, -0.2) is 9.59 Å². The summed E-state index contributed by atoms with van der Waals surface area (Å²) in [7, 11) is 1.34. The zero-order valence-electron chi connectivity index (χ0n) is 24.9. The molecule has 0 N–H and O–H groups in total. The monoisotopic (exact) mass is 556 g/mol. The third-order valence-corrected chi connectivity index (χ3v) is 7.81. The molecule has 0 unspecified atom stereocenters. The number of piperidine rings is 1. The highest BCUT2D eigenvalue weighted by atomic mass is 16.6. The van der Waals surface area contributed by atoms with Crippen LogP contribution in [0.4, 0.5) is 10.8 Å². The third-order valence-electron chi connectivity index (χ3n) is 7.81. The number of anilines is 1. The van der Waals surface area contributed by atoms with E-state index in [9.17, 15) is 9.59 Å². The topological polar surface area (TPSA) is 107 Å². The van der Waals surface area contributed by atoms with Crippen LogP contribution >= 0.6 is 0 Å². The minimum absolute atomic E-state index is 0.255. The zero-order chi connectivity index (χ0) is 29.0. The summed E-state index contributed by atoms with van der Waals surface area (Å²) in [6, 6.07) is 5.81. The SMILES string of the molecule is COC(=O)[C@@H]1Cc2ccc(OCC[C@@H](C)C3CCN(c4nc(C(C)C)no4)CC3)cc2CN1C(=O)OC(C)(C)C. The van der Waals surface area contributed by atoms with Gasteiger partial charge in [-0.05, 0) is 75.1 Å². The van der Waals surface area contributed by atoms with Gasteiger partial charge in [-0.3, -0.25) is 4.90 Å². The summed E-state index contributed by atoms with van der Waals surface area (Å²) in [5, 5.41) is 4.09. The van der Waals surface area contributed by atoms with Gasteiger partial charge in [0.2, 0.25) is 0 Å². The summed E-state index contributed by atoms with van der Waals surface area (Å²) in [6.07, 6.45) is 2.97. The van der Waals surface area contributed by atoms with Gasteiger partial charge in [-0.15, -0.1) is 0 Å². The van der Waals surface area contributed by atoms with Crippen LogP contribution in [0.5, 0.6) is 5.75 Å². The number of nitrogens with zero attached hydrogens (tertiary/aromatic N) is 4. The molecule has 0 aliphatic carbocycles. The van der Waals surface area contributed by atoms with Crippen LogP contribution in [0.25, 0.3) is 0 Å². The molecule has 10 nitrogen and oxygen atoms in total. The number of carbonyl (C=O) groups excluding carboxylic acids is 2. The summed E-state index contributed by atoms with van der Waals surface area (Å²) >= 11 is 0. The van der Waals surface area contributed by atoms with Crippen molar-refractivity contribution in [1.29, 1.82) is 0 Å². The minimum Gasteiger partial charge on any atom is -0.494 e. The molecule has 0 saturated carbocycles. The minimum atomic E-state index is -0.719. The standard InChI is InChI=1S/C30H44N4O6/c1-19(2)26-31-28(40-32-26)33-13-10-21(11-14-33)20(3)12-15-38-24-9-8-22-17-25(27(35)37-7)34(18-23(22)16-24)29(36)39-30(4,5)6/h8-9,16,19-21,25H,10-15,17-18H2,1-7H3/t20-,25+/m1/s1. The van der Waals surface area contributed by atoms with Gasteiger partial charge in [0, 0.05) is 25.4 Å². The second-order valence-electron chi connectivity index (χ2n) is 12.3. The number of amides is 1. The molecule has 1 amide bonds. The van der Waals surface area contributed by atoms with Crippen molar-refractivity contribution in [2.75, 3.05) is 31.7 Å². The van der Waals surface area contributed by atoms with Crippen LogP contribution in [0.3, 0.4) is 0 Å². The van der Waals surface area contributed by atoms with Crippen molar-refractivity contribution in [3.63, 3.8) is 0 Å². The maximum atomic E-state index is 12.9. The molecule has 40 heavy (non-hydrogen) atoms. The number of hydrogen-bond acceptors (Lipinski definition) is 9. The van der Waals surface area contributed by atoms with Crippen LogP contribution in [0.15, 0.2) is 22.7 Å². The molecular formula is C30H44N4O6. The predicted molar refractivity (Wildman–Crippen MR) is 150 cm³/mol. The average molecular weight is 557 g/mol. The second-order valence-corrected chi connectivity index (χ2v) is 12.3. The van der Waals surface area contributed by atoms with Gasteiger partial charge in [0.05, 0.1) is 20.3 Å². The predicted octanol–water partition coefficient (Wildman–Crippen LogP) is 5.35. The average Bonchev–Trinajstić information content (AvgIpc) is 3.42. The normalized spacial score (nSPS) is 18.9. The first-order valence-electron chi connectivity index (χ1n) is 14.4. The fourth-order valence-electron chi connectivity index (χ4n) is 5.36. The molecule has 1 aromatic heterocycles. The van der Waals surface area contributed by atoms with E-state index in [0.29, 0.717) is 30.9 Å². The summed E-state index contributed by atoms with van der Waals surface area (Å²) in [5.41, 5.74) is 1.29. The highest BCUT2D eigenvalue weighted by Crippen LogP contribution is 2.31. The van der Waals surface area contributed by atoms with E-state index in [-0.39, 0.29) is 12.5 Å². The van der Waals surface area contributed by atoms with Crippen molar-refractivity contribution in [2.45, 2.75) is 91.3 Å². The van der Waals surface area contributed by atoms with Crippen molar-refractivity contribution in [3.05, 3.63) is 35.2 Å². The van der Waals surface area contributed by atoms with Crippen LogP contribution in [-0.2, 0) is 27.2 Å². The van der Waals surface area contributed by atoms with E-state index in [1.54, 1.807) is 0 Å². The molecule has 2 aliphatic heterocycles. The van der Waals surface area contributed by atoms with E-state index < -0.39 is 23.7 Å². The lowest BCUT2D eigenvalue weighted by atomic mass is 9.84. The second kappa shape index (κ2) is 12.5. The van der Waals surface area contributed by atoms with E-state index in [0.717, 1.165) is 55.1 Å². The Morgan fingerprint density at radius 2 is 1.85 bits per heavy atom. The highest BCUT2D eigenvalue weighted by molar-refractivity contribution is 5.82. The van der Waals surface area contributed by atoms with E-state index in [1.165, 1.54) is 12.0 Å². The number of aromatic nitrogens is 2. The molecule has 2 atom stereocenters. The Labute approximate surface area is 237 Å². The van der Waals surface area contributed by atoms with Gasteiger partial charge < -0.3 is 23.6 Å². The number of benzene rings is 1. The van der Waals surface area contributed by atoms with E-state index >= 15 is 0 Å². The Kier molecular flexibility index (Phi) is 9.26. The van der Waals surface area contributed by atoms with E-state index in [4.69, 9.17) is 18.7 Å². The lowest BCUT2D eigenvalue weighted by Gasteiger charge is -2.36. The molecule has 2 aliphatic rings. The first-order valence-corrected chi connectivity index (χ1v) is 14.4. The van der Waals surface area contributed by atoms with Gasteiger partial charge in [-0.2, -0.15) is 4.98 Å². The number of ether oxygens (including phenoxy) is 3. The van der Waals surface area contributed by atoms with Crippen LogP contribution in [0, 0.1) is 11.8 Å². The van der Waals surface area contributed by atoms with Crippen LogP contribution in [0.2, 0.25) is 0 Å². The summed E-state index contributed by atoms with van der Waals surface area (Å²) in [6.45, 7) is 14.6. The van der Waals surface area contributed by atoms with Crippen molar-refractivity contribution in [2.24, 2.45) is 11.8 Å². The quantitative estimate of drug-likeness (QED) is 0.398. The number of fused-ring (bicyclic) bond motifs is 1. The first kappa shape index (κ1) is 29.7. The van der Waals surface area contributed by atoms with E-state index in [2.05, 4.69) is 35.8 Å². The Hall–Kier alpha value is -3.30. The van der Waals surface area contributed by atoms with Crippen molar-refractivity contribution < 1.29 is 28.3 Å². The maximum Gasteiger partial charge on any atom is 0.411 e. The van der Waals surface area contributed by atoms with Crippen molar-refractivity contribution in [3.8, 4) is 5.75 Å². The molecule has 4 rings (SSSR count). The largest absolute Gasteiger partial charge is 0.494 e. The Bertz CT molecular complexity index is 1170. The zero-order valence-corrected chi connectivity index (χ0v) is 24.9. The third kappa shape index (κ3) is 7.26. The number of rotatable bonds is 8. The maximum absolute atomic E-state index is 12.9. The number of carbonyl (C=O) groups is 2. The van der Waals surface area contributed by atoms with E-state index in [1.807, 2.05) is 39.0 Å². The smallest absolute Gasteiger partial charge is 0.411 e. The Balaban J connectivity index is 1.30. The molecule has 0 spiro atoms. The van der Waals surface area contributed by atoms with Crippen LogP contribution in [-0.4, -0.2) is 65.6 Å².